The van der Waals surface area contributed by atoms with Crippen LogP contribution in [0, 0.1) is 0 Å². The zero-order valence-corrected chi connectivity index (χ0v) is 13.4. The van der Waals surface area contributed by atoms with Crippen LogP contribution in [-0.4, -0.2) is 12.8 Å². The summed E-state index contributed by atoms with van der Waals surface area (Å²) in [5, 5.41) is 0. The van der Waals surface area contributed by atoms with E-state index >= 15 is 0 Å². The van der Waals surface area contributed by atoms with E-state index in [9.17, 15) is 4.79 Å². The van der Waals surface area contributed by atoms with Crippen molar-refractivity contribution in [1.29, 1.82) is 0 Å². The normalized spacial score (nSPS) is 10.3. The van der Waals surface area contributed by atoms with Crippen molar-refractivity contribution in [2.24, 2.45) is 0 Å². The molecule has 0 atom stereocenters. The van der Waals surface area contributed by atoms with Gasteiger partial charge in [-0.1, -0.05) is 77.7 Å². The monoisotopic (exact) mass is 284 g/mol. The van der Waals surface area contributed by atoms with E-state index in [0.717, 1.165) is 12.8 Å². The Morgan fingerprint density at radius 2 is 1.30 bits per heavy atom. The number of hydrogen-bond donors (Lipinski definition) is 0. The van der Waals surface area contributed by atoms with Crippen molar-refractivity contribution in [3.63, 3.8) is 0 Å². The van der Waals surface area contributed by atoms with Crippen molar-refractivity contribution < 1.29 is 14.3 Å². The number of ether oxygens (including phenoxy) is 2. The van der Waals surface area contributed by atoms with Gasteiger partial charge in [0.05, 0.1) is 6.61 Å². The Balaban J connectivity index is 3.09. The van der Waals surface area contributed by atoms with E-state index in [-0.39, 0.29) is 0 Å². The maximum Gasteiger partial charge on any atom is 0.513 e. The number of carbonyl (C=O) groups is 1. The van der Waals surface area contributed by atoms with E-state index in [2.05, 4.69) is 13.5 Å². The van der Waals surface area contributed by atoms with Crippen molar-refractivity contribution in [2.45, 2.75) is 84.5 Å². The molecule has 0 unspecified atom stereocenters. The molecule has 0 aliphatic rings. The summed E-state index contributed by atoms with van der Waals surface area (Å²) in [6, 6.07) is 0. The standard InChI is InChI=1S/C17H32O3/c1-4-5-6-7-8-9-10-11-12-13-14-15-19-17(18)20-16(2)3/h2,4-15H2,1,3H3. The van der Waals surface area contributed by atoms with Gasteiger partial charge in [-0.3, -0.25) is 0 Å². The molecule has 0 saturated carbocycles. The van der Waals surface area contributed by atoms with Gasteiger partial charge in [-0.15, -0.1) is 0 Å². The lowest BCUT2D eigenvalue weighted by Crippen LogP contribution is -2.06. The second-order valence-electron chi connectivity index (χ2n) is 5.44. The summed E-state index contributed by atoms with van der Waals surface area (Å²) < 4.78 is 9.61. The number of allylic oxidation sites excluding steroid dienone is 1. The van der Waals surface area contributed by atoms with E-state index in [1.54, 1.807) is 6.92 Å². The van der Waals surface area contributed by atoms with Crippen LogP contribution in [-0.2, 0) is 9.47 Å². The Hall–Kier alpha value is -0.990. The van der Waals surface area contributed by atoms with Gasteiger partial charge in [0.15, 0.2) is 0 Å². The van der Waals surface area contributed by atoms with Crippen LogP contribution >= 0.6 is 0 Å². The van der Waals surface area contributed by atoms with Crippen LogP contribution < -0.4 is 0 Å². The van der Waals surface area contributed by atoms with Gasteiger partial charge in [-0.2, -0.15) is 0 Å². The summed E-state index contributed by atoms with van der Waals surface area (Å²) in [5.41, 5.74) is 0. The predicted octanol–water partition coefficient (Wildman–Crippen LogP) is 5.98. The highest BCUT2D eigenvalue weighted by molar-refractivity contribution is 5.61. The summed E-state index contributed by atoms with van der Waals surface area (Å²) in [5.74, 6) is 0.369. The number of unbranched alkanes of at least 4 members (excludes halogenated alkanes) is 10. The summed E-state index contributed by atoms with van der Waals surface area (Å²) in [4.78, 5) is 11.0. The van der Waals surface area contributed by atoms with Gasteiger partial charge in [0.25, 0.3) is 0 Å². The van der Waals surface area contributed by atoms with Crippen LogP contribution in [0.4, 0.5) is 4.79 Å². The summed E-state index contributed by atoms with van der Waals surface area (Å²) >= 11 is 0. The number of rotatable bonds is 13. The Bertz CT molecular complexity index is 249. The first-order chi connectivity index (χ1) is 9.66. The molecular weight excluding hydrogens is 252 g/mol. The van der Waals surface area contributed by atoms with E-state index in [0.29, 0.717) is 12.4 Å². The Morgan fingerprint density at radius 3 is 1.75 bits per heavy atom. The third-order valence-electron chi connectivity index (χ3n) is 3.23. The lowest BCUT2D eigenvalue weighted by atomic mass is 10.1. The highest BCUT2D eigenvalue weighted by Crippen LogP contribution is 2.11. The average molecular weight is 284 g/mol. The molecule has 3 nitrogen and oxygen atoms in total. The van der Waals surface area contributed by atoms with Crippen LogP contribution in [0.1, 0.15) is 84.5 Å². The molecule has 118 valence electrons. The Labute approximate surface area is 124 Å². The summed E-state index contributed by atoms with van der Waals surface area (Å²) in [6.45, 7) is 7.81. The first kappa shape index (κ1) is 19.0. The second-order valence-corrected chi connectivity index (χ2v) is 5.44. The molecule has 0 bridgehead atoms. The predicted molar refractivity (Wildman–Crippen MR) is 83.7 cm³/mol. The first-order valence-electron chi connectivity index (χ1n) is 8.17. The van der Waals surface area contributed by atoms with Crippen LogP contribution in [0.5, 0.6) is 0 Å². The minimum absolute atomic E-state index is 0.369. The zero-order valence-electron chi connectivity index (χ0n) is 13.4. The lowest BCUT2D eigenvalue weighted by molar-refractivity contribution is 0.0763. The van der Waals surface area contributed by atoms with Crippen molar-refractivity contribution in [3.05, 3.63) is 12.3 Å². The number of hydrogen-bond acceptors (Lipinski definition) is 3. The van der Waals surface area contributed by atoms with Crippen LogP contribution in [0.3, 0.4) is 0 Å². The fraction of sp³-hybridized carbons (Fsp3) is 0.824. The molecule has 0 aromatic carbocycles. The van der Waals surface area contributed by atoms with E-state index < -0.39 is 6.16 Å². The minimum Gasteiger partial charge on any atom is -0.434 e. The van der Waals surface area contributed by atoms with Gasteiger partial charge in [0, 0.05) is 0 Å². The molecule has 0 heterocycles. The first-order valence-corrected chi connectivity index (χ1v) is 8.17. The van der Waals surface area contributed by atoms with Gasteiger partial charge in [-0.05, 0) is 13.3 Å². The summed E-state index contributed by atoms with van der Waals surface area (Å²) in [6.07, 6.45) is 13.5. The largest absolute Gasteiger partial charge is 0.513 e. The minimum atomic E-state index is -0.635. The SMILES string of the molecule is C=C(C)OC(=O)OCCCCCCCCCCCCC. The maximum absolute atomic E-state index is 11.0. The highest BCUT2D eigenvalue weighted by atomic mass is 16.7. The molecule has 0 rings (SSSR count). The molecule has 0 radical (unpaired) electrons. The van der Waals surface area contributed by atoms with Crippen molar-refractivity contribution in [2.75, 3.05) is 6.61 Å². The fourth-order valence-corrected chi connectivity index (χ4v) is 2.09. The molecular formula is C17H32O3. The molecule has 0 amide bonds. The fourth-order valence-electron chi connectivity index (χ4n) is 2.09. The van der Waals surface area contributed by atoms with Crippen molar-refractivity contribution >= 4 is 6.16 Å². The molecule has 0 aliphatic carbocycles. The second kappa shape index (κ2) is 14.4. The van der Waals surface area contributed by atoms with E-state index in [1.807, 2.05) is 0 Å². The van der Waals surface area contributed by atoms with Gasteiger partial charge in [-0.25, -0.2) is 4.79 Å². The van der Waals surface area contributed by atoms with Gasteiger partial charge in [0.2, 0.25) is 0 Å². The summed E-state index contributed by atoms with van der Waals surface area (Å²) in [7, 11) is 0. The van der Waals surface area contributed by atoms with Crippen molar-refractivity contribution in [3.8, 4) is 0 Å². The molecule has 0 aliphatic heterocycles. The molecule has 0 spiro atoms. The third kappa shape index (κ3) is 15.1. The van der Waals surface area contributed by atoms with E-state index in [4.69, 9.17) is 9.47 Å². The Morgan fingerprint density at radius 1 is 0.850 bits per heavy atom. The highest BCUT2D eigenvalue weighted by Gasteiger charge is 2.02. The molecule has 20 heavy (non-hydrogen) atoms. The molecule has 0 N–H and O–H groups in total. The van der Waals surface area contributed by atoms with Crippen molar-refractivity contribution in [1.82, 2.24) is 0 Å². The Kier molecular flexibility index (Phi) is 13.7. The van der Waals surface area contributed by atoms with Gasteiger partial charge >= 0.3 is 6.16 Å². The smallest absolute Gasteiger partial charge is 0.434 e. The molecule has 0 aromatic rings. The molecule has 0 saturated heterocycles. The van der Waals surface area contributed by atoms with Gasteiger partial charge in [0.1, 0.15) is 5.76 Å². The zero-order chi connectivity index (χ0) is 15.1. The molecule has 3 heteroatoms. The average Bonchev–Trinajstić information content (AvgIpc) is 2.39. The van der Waals surface area contributed by atoms with Gasteiger partial charge < -0.3 is 9.47 Å². The number of carbonyl (C=O) groups excluding carboxylic acids is 1. The quantitative estimate of drug-likeness (QED) is 0.237. The van der Waals surface area contributed by atoms with Crippen LogP contribution in [0.25, 0.3) is 0 Å². The van der Waals surface area contributed by atoms with E-state index in [1.165, 1.54) is 57.8 Å². The topological polar surface area (TPSA) is 35.5 Å². The van der Waals surface area contributed by atoms with Crippen LogP contribution in [0.2, 0.25) is 0 Å². The molecule has 0 aromatic heterocycles. The maximum atomic E-state index is 11.0. The third-order valence-corrected chi connectivity index (χ3v) is 3.23. The van der Waals surface area contributed by atoms with Crippen LogP contribution in [0.15, 0.2) is 12.3 Å². The lowest BCUT2D eigenvalue weighted by Gasteiger charge is -2.05. The molecule has 0 fully saturated rings.